The van der Waals surface area contributed by atoms with E-state index < -0.39 is 0 Å². The number of hydrogen-bond donors (Lipinski definition) is 1. The Hall–Kier alpha value is -2.77. The van der Waals surface area contributed by atoms with Gasteiger partial charge in [0.15, 0.2) is 5.76 Å². The topological polar surface area (TPSA) is 101 Å². The molecule has 0 aromatic carbocycles. The highest BCUT2D eigenvalue weighted by Crippen LogP contribution is 2.38. The molecule has 2 fully saturated rings. The van der Waals surface area contributed by atoms with Gasteiger partial charge in [0.1, 0.15) is 5.82 Å². The second-order valence-corrected chi connectivity index (χ2v) is 9.16. The molecule has 0 spiro atoms. The fraction of sp³-hybridized carbons (Fsp3) is 0.625. The first-order valence-corrected chi connectivity index (χ1v) is 11.8. The monoisotopic (exact) mass is 439 g/mol. The summed E-state index contributed by atoms with van der Waals surface area (Å²) in [6.07, 6.45) is 8.86. The second-order valence-electron chi connectivity index (χ2n) is 9.16. The molecule has 1 saturated carbocycles. The summed E-state index contributed by atoms with van der Waals surface area (Å²) in [5, 5.41) is 7.11. The standard InChI is InChI=1S/C24H33N5O3/c1-16-13-21(32-28-16)20-15-25-17(2)27-24(20)19-9-7-18(8-10-19)14-26-22(30)5-3-11-29-12-4-6-23(29)31/h13,15,18-19H,3-12,14H2,1-2H3,(H,26,30). The molecule has 2 amide bonds. The van der Waals surface area contributed by atoms with E-state index in [2.05, 4.69) is 15.5 Å². The average molecular weight is 440 g/mol. The molecule has 0 atom stereocenters. The maximum atomic E-state index is 12.2. The van der Waals surface area contributed by atoms with Crippen molar-refractivity contribution in [2.75, 3.05) is 19.6 Å². The fourth-order valence-electron chi connectivity index (χ4n) is 4.84. The van der Waals surface area contributed by atoms with Crippen LogP contribution >= 0.6 is 0 Å². The molecule has 0 bridgehead atoms. The Morgan fingerprint density at radius 1 is 1.25 bits per heavy atom. The van der Waals surface area contributed by atoms with Crippen LogP contribution in [0.2, 0.25) is 0 Å². The van der Waals surface area contributed by atoms with Gasteiger partial charge in [0.25, 0.3) is 0 Å². The van der Waals surface area contributed by atoms with E-state index in [0.29, 0.717) is 31.2 Å². The van der Waals surface area contributed by atoms with E-state index in [9.17, 15) is 9.59 Å². The molecule has 172 valence electrons. The number of hydrogen-bond acceptors (Lipinski definition) is 6. The van der Waals surface area contributed by atoms with Crippen LogP contribution in [-0.2, 0) is 9.59 Å². The zero-order valence-electron chi connectivity index (χ0n) is 19.1. The van der Waals surface area contributed by atoms with Crippen molar-refractivity contribution in [3.05, 3.63) is 29.5 Å². The fourth-order valence-corrected chi connectivity index (χ4v) is 4.84. The molecule has 0 unspecified atom stereocenters. The zero-order valence-corrected chi connectivity index (χ0v) is 19.1. The van der Waals surface area contributed by atoms with E-state index in [0.717, 1.165) is 80.2 Å². The normalized spacial score (nSPS) is 21.2. The van der Waals surface area contributed by atoms with Gasteiger partial charge in [-0.25, -0.2) is 9.97 Å². The molecule has 1 N–H and O–H groups in total. The van der Waals surface area contributed by atoms with Crippen LogP contribution in [0.4, 0.5) is 0 Å². The molecular formula is C24H33N5O3. The van der Waals surface area contributed by atoms with Gasteiger partial charge in [-0.15, -0.1) is 0 Å². The van der Waals surface area contributed by atoms with E-state index in [1.807, 2.05) is 31.0 Å². The third-order valence-corrected chi connectivity index (χ3v) is 6.66. The lowest BCUT2D eigenvalue weighted by Gasteiger charge is -2.29. The van der Waals surface area contributed by atoms with Crippen molar-refractivity contribution in [3.8, 4) is 11.3 Å². The Kier molecular flexibility index (Phi) is 7.17. The first-order chi connectivity index (χ1) is 15.5. The molecule has 4 rings (SSSR count). The molecule has 2 aliphatic rings. The van der Waals surface area contributed by atoms with Crippen LogP contribution in [0.1, 0.15) is 74.5 Å². The Balaban J connectivity index is 1.24. The minimum Gasteiger partial charge on any atom is -0.356 e. The van der Waals surface area contributed by atoms with Crippen molar-refractivity contribution in [1.82, 2.24) is 25.3 Å². The quantitative estimate of drug-likeness (QED) is 0.675. The highest BCUT2D eigenvalue weighted by Gasteiger charge is 2.27. The smallest absolute Gasteiger partial charge is 0.222 e. The number of nitrogens with zero attached hydrogens (tertiary/aromatic N) is 4. The Bertz CT molecular complexity index is 949. The second kappa shape index (κ2) is 10.2. The lowest BCUT2D eigenvalue weighted by molar-refractivity contribution is -0.128. The molecule has 0 radical (unpaired) electrons. The zero-order chi connectivity index (χ0) is 22.5. The molecular weight excluding hydrogens is 406 g/mol. The summed E-state index contributed by atoms with van der Waals surface area (Å²) in [7, 11) is 0. The van der Waals surface area contributed by atoms with Crippen molar-refractivity contribution < 1.29 is 14.1 Å². The summed E-state index contributed by atoms with van der Waals surface area (Å²) in [6, 6.07) is 1.93. The average Bonchev–Trinajstić information content (AvgIpc) is 3.40. The van der Waals surface area contributed by atoms with E-state index in [-0.39, 0.29) is 11.8 Å². The molecule has 2 aromatic heterocycles. The summed E-state index contributed by atoms with van der Waals surface area (Å²) in [5.41, 5.74) is 2.83. The lowest BCUT2D eigenvalue weighted by Crippen LogP contribution is -2.32. The Labute approximate surface area is 189 Å². The van der Waals surface area contributed by atoms with Crippen LogP contribution < -0.4 is 5.32 Å². The number of carbonyl (C=O) groups excluding carboxylic acids is 2. The predicted molar refractivity (Wildman–Crippen MR) is 120 cm³/mol. The molecule has 3 heterocycles. The number of rotatable bonds is 8. The first kappa shape index (κ1) is 22.4. The van der Waals surface area contributed by atoms with Gasteiger partial charge in [0, 0.05) is 50.7 Å². The van der Waals surface area contributed by atoms with Gasteiger partial charge in [-0.3, -0.25) is 9.59 Å². The van der Waals surface area contributed by atoms with Gasteiger partial charge in [-0.05, 0) is 58.3 Å². The third-order valence-electron chi connectivity index (χ3n) is 6.66. The van der Waals surface area contributed by atoms with Crippen molar-refractivity contribution in [1.29, 1.82) is 0 Å². The van der Waals surface area contributed by atoms with Crippen molar-refractivity contribution >= 4 is 11.8 Å². The third kappa shape index (κ3) is 5.53. The van der Waals surface area contributed by atoms with Gasteiger partial charge in [0.2, 0.25) is 11.8 Å². The van der Waals surface area contributed by atoms with E-state index >= 15 is 0 Å². The largest absolute Gasteiger partial charge is 0.356 e. The van der Waals surface area contributed by atoms with Crippen LogP contribution in [0.25, 0.3) is 11.3 Å². The minimum absolute atomic E-state index is 0.0909. The van der Waals surface area contributed by atoms with Gasteiger partial charge >= 0.3 is 0 Å². The van der Waals surface area contributed by atoms with E-state index in [1.165, 1.54) is 0 Å². The van der Waals surface area contributed by atoms with E-state index in [1.54, 1.807) is 0 Å². The van der Waals surface area contributed by atoms with Crippen LogP contribution in [0, 0.1) is 19.8 Å². The molecule has 1 aliphatic heterocycles. The molecule has 8 heteroatoms. The summed E-state index contributed by atoms with van der Waals surface area (Å²) in [6.45, 7) is 6.09. The maximum absolute atomic E-state index is 12.2. The van der Waals surface area contributed by atoms with Crippen LogP contribution in [0.3, 0.4) is 0 Å². The molecule has 8 nitrogen and oxygen atoms in total. The van der Waals surface area contributed by atoms with Gasteiger partial charge in [-0.2, -0.15) is 0 Å². The molecule has 1 aliphatic carbocycles. The van der Waals surface area contributed by atoms with Crippen LogP contribution in [-0.4, -0.2) is 51.5 Å². The van der Waals surface area contributed by atoms with Gasteiger partial charge < -0.3 is 14.7 Å². The molecule has 2 aromatic rings. The maximum Gasteiger partial charge on any atom is 0.222 e. The number of likely N-dealkylation sites (tertiary alicyclic amines) is 1. The van der Waals surface area contributed by atoms with Crippen molar-refractivity contribution in [3.63, 3.8) is 0 Å². The highest BCUT2D eigenvalue weighted by molar-refractivity contribution is 5.78. The molecule has 1 saturated heterocycles. The van der Waals surface area contributed by atoms with Gasteiger partial charge in [0.05, 0.1) is 17.0 Å². The Morgan fingerprint density at radius 2 is 2.06 bits per heavy atom. The summed E-state index contributed by atoms with van der Waals surface area (Å²) >= 11 is 0. The first-order valence-electron chi connectivity index (χ1n) is 11.8. The number of carbonyl (C=O) groups is 2. The number of aromatic nitrogens is 3. The number of nitrogens with one attached hydrogen (secondary N) is 1. The number of aryl methyl sites for hydroxylation is 2. The summed E-state index contributed by atoms with van der Waals surface area (Å²) < 4.78 is 5.48. The predicted octanol–water partition coefficient (Wildman–Crippen LogP) is 3.54. The van der Waals surface area contributed by atoms with Crippen LogP contribution in [0.5, 0.6) is 0 Å². The SMILES string of the molecule is Cc1cc(-c2cnc(C)nc2C2CCC(CNC(=O)CCCN3CCCC3=O)CC2)on1. The van der Waals surface area contributed by atoms with Crippen molar-refractivity contribution in [2.45, 2.75) is 71.1 Å². The van der Waals surface area contributed by atoms with E-state index in [4.69, 9.17) is 9.51 Å². The highest BCUT2D eigenvalue weighted by atomic mass is 16.5. The summed E-state index contributed by atoms with van der Waals surface area (Å²) in [5.74, 6) is 2.67. The minimum atomic E-state index is 0.0909. The summed E-state index contributed by atoms with van der Waals surface area (Å²) in [4.78, 5) is 34.9. The van der Waals surface area contributed by atoms with Crippen LogP contribution in [0.15, 0.2) is 16.8 Å². The van der Waals surface area contributed by atoms with Crippen molar-refractivity contribution in [2.24, 2.45) is 5.92 Å². The lowest BCUT2D eigenvalue weighted by atomic mass is 9.79. The van der Waals surface area contributed by atoms with Gasteiger partial charge in [-0.1, -0.05) is 5.16 Å². The Morgan fingerprint density at radius 3 is 2.75 bits per heavy atom. The number of amides is 2. The molecule has 32 heavy (non-hydrogen) atoms.